The highest BCUT2D eigenvalue weighted by Gasteiger charge is 1.98. The zero-order valence-electron chi connectivity index (χ0n) is 7.16. The number of oxime groups is 1. The van der Waals surface area contributed by atoms with Gasteiger partial charge in [-0.2, -0.15) is 5.10 Å². The number of hydrogen-bond donors (Lipinski definition) is 2. The molecule has 0 heterocycles. The Labute approximate surface area is 69.9 Å². The van der Waals surface area contributed by atoms with Gasteiger partial charge in [-0.3, -0.25) is 0 Å². The number of carbonyl (C=O) groups excluding carboxylic acids is 1. The van der Waals surface area contributed by atoms with Crippen LogP contribution in [0.25, 0.3) is 0 Å². The molecule has 0 aromatic rings. The molecule has 1 amide bonds. The molecule has 0 aromatic heterocycles. The fourth-order valence-corrected chi connectivity index (χ4v) is 0.328. The van der Waals surface area contributed by atoms with E-state index in [1.54, 1.807) is 13.8 Å². The maximum Gasteiger partial charge on any atom is 0.427 e. The van der Waals surface area contributed by atoms with E-state index in [0.29, 0.717) is 11.4 Å². The lowest BCUT2D eigenvalue weighted by Crippen LogP contribution is -2.20. The summed E-state index contributed by atoms with van der Waals surface area (Å²) in [6, 6.07) is 0. The molecule has 0 atom stereocenters. The van der Waals surface area contributed by atoms with Crippen LogP contribution in [0.15, 0.2) is 10.3 Å². The number of methoxy groups -OCH3 is 1. The smallest absolute Gasteiger partial charge is 0.427 e. The van der Waals surface area contributed by atoms with E-state index in [0.717, 1.165) is 0 Å². The SMILES string of the molecule is COC(=O)N/N=C(C)/C(C)=N\O. The van der Waals surface area contributed by atoms with Gasteiger partial charge in [0.2, 0.25) is 0 Å². The van der Waals surface area contributed by atoms with Gasteiger partial charge in [0.1, 0.15) is 0 Å². The maximum absolute atomic E-state index is 10.5. The molecule has 0 saturated heterocycles. The highest BCUT2D eigenvalue weighted by atomic mass is 16.5. The van der Waals surface area contributed by atoms with Crippen LogP contribution in [0.1, 0.15) is 13.8 Å². The maximum atomic E-state index is 10.5. The summed E-state index contributed by atoms with van der Waals surface area (Å²) in [5.74, 6) is 0. The molecule has 0 radical (unpaired) electrons. The van der Waals surface area contributed by atoms with Gasteiger partial charge < -0.3 is 9.94 Å². The van der Waals surface area contributed by atoms with Crippen molar-refractivity contribution in [2.75, 3.05) is 7.11 Å². The van der Waals surface area contributed by atoms with Gasteiger partial charge in [-0.25, -0.2) is 10.2 Å². The van der Waals surface area contributed by atoms with E-state index >= 15 is 0 Å². The molecule has 0 spiro atoms. The van der Waals surface area contributed by atoms with E-state index in [9.17, 15) is 4.79 Å². The first-order valence-corrected chi connectivity index (χ1v) is 3.19. The van der Waals surface area contributed by atoms with Crippen LogP contribution in [0.2, 0.25) is 0 Å². The van der Waals surface area contributed by atoms with E-state index < -0.39 is 6.09 Å². The molecule has 6 nitrogen and oxygen atoms in total. The van der Waals surface area contributed by atoms with Crippen LogP contribution in [0.4, 0.5) is 4.79 Å². The summed E-state index contributed by atoms with van der Waals surface area (Å²) in [5, 5.41) is 14.7. The summed E-state index contributed by atoms with van der Waals surface area (Å²) in [5.41, 5.74) is 2.81. The lowest BCUT2D eigenvalue weighted by Gasteiger charge is -1.98. The molecule has 0 unspecified atom stereocenters. The minimum absolute atomic E-state index is 0.325. The second kappa shape index (κ2) is 5.11. The van der Waals surface area contributed by atoms with E-state index in [1.165, 1.54) is 7.11 Å². The van der Waals surface area contributed by atoms with Crippen LogP contribution >= 0.6 is 0 Å². The number of nitrogens with zero attached hydrogens (tertiary/aromatic N) is 2. The summed E-state index contributed by atoms with van der Waals surface area (Å²) in [7, 11) is 1.23. The Kier molecular flexibility index (Phi) is 4.43. The van der Waals surface area contributed by atoms with E-state index in [2.05, 4.69) is 20.4 Å². The Bertz CT molecular complexity index is 222. The van der Waals surface area contributed by atoms with Gasteiger partial charge in [0.05, 0.1) is 18.5 Å². The van der Waals surface area contributed by atoms with E-state index in [-0.39, 0.29) is 0 Å². The minimum atomic E-state index is -0.667. The molecule has 0 aromatic carbocycles. The van der Waals surface area contributed by atoms with Crippen LogP contribution < -0.4 is 5.43 Å². The molecule has 6 heteroatoms. The van der Waals surface area contributed by atoms with Crippen molar-refractivity contribution in [3.05, 3.63) is 0 Å². The Morgan fingerprint density at radius 2 is 2.00 bits per heavy atom. The van der Waals surface area contributed by atoms with Crippen molar-refractivity contribution in [3.8, 4) is 0 Å². The zero-order valence-corrected chi connectivity index (χ0v) is 7.16. The molecule has 68 valence electrons. The fraction of sp³-hybridized carbons (Fsp3) is 0.500. The molecule has 0 rings (SSSR count). The number of nitrogens with one attached hydrogen (secondary N) is 1. The molecule has 0 saturated carbocycles. The minimum Gasteiger partial charge on any atom is -0.452 e. The molecule has 0 aliphatic heterocycles. The Balaban J connectivity index is 4.10. The molecule has 0 aliphatic rings. The second-order valence-electron chi connectivity index (χ2n) is 1.99. The molecular weight excluding hydrogens is 162 g/mol. The van der Waals surface area contributed by atoms with Gasteiger partial charge in [0.15, 0.2) is 0 Å². The zero-order chi connectivity index (χ0) is 9.56. The highest BCUT2D eigenvalue weighted by Crippen LogP contribution is 1.81. The Morgan fingerprint density at radius 1 is 1.42 bits per heavy atom. The van der Waals surface area contributed by atoms with Crippen molar-refractivity contribution >= 4 is 17.5 Å². The number of hydrazone groups is 1. The fourth-order valence-electron chi connectivity index (χ4n) is 0.328. The predicted octanol–water partition coefficient (Wildman–Crippen LogP) is 0.568. The Hall–Kier alpha value is -1.59. The van der Waals surface area contributed by atoms with Crippen LogP contribution in [-0.4, -0.2) is 29.8 Å². The quantitative estimate of drug-likeness (QED) is 0.363. The lowest BCUT2D eigenvalue weighted by atomic mass is 10.3. The molecule has 0 bridgehead atoms. The van der Waals surface area contributed by atoms with Crippen LogP contribution in [-0.2, 0) is 4.74 Å². The van der Waals surface area contributed by atoms with Gasteiger partial charge in [-0.05, 0) is 13.8 Å². The van der Waals surface area contributed by atoms with Gasteiger partial charge in [-0.15, -0.1) is 0 Å². The first-order chi connectivity index (χ1) is 5.61. The summed E-state index contributed by atoms with van der Waals surface area (Å²) in [4.78, 5) is 10.5. The van der Waals surface area contributed by atoms with Crippen molar-refractivity contribution in [2.24, 2.45) is 10.3 Å². The average Bonchev–Trinajstić information content (AvgIpc) is 2.11. The van der Waals surface area contributed by atoms with Crippen molar-refractivity contribution in [2.45, 2.75) is 13.8 Å². The molecular formula is C6H11N3O3. The topological polar surface area (TPSA) is 83.3 Å². The third-order valence-corrected chi connectivity index (χ3v) is 1.17. The third kappa shape index (κ3) is 3.55. The van der Waals surface area contributed by atoms with Gasteiger partial charge in [-0.1, -0.05) is 5.16 Å². The first kappa shape index (κ1) is 10.4. The lowest BCUT2D eigenvalue weighted by molar-refractivity contribution is 0.171. The molecule has 0 fully saturated rings. The van der Waals surface area contributed by atoms with Crippen molar-refractivity contribution in [3.63, 3.8) is 0 Å². The molecule has 2 N–H and O–H groups in total. The second-order valence-corrected chi connectivity index (χ2v) is 1.99. The normalized spacial score (nSPS) is 12.6. The van der Waals surface area contributed by atoms with Gasteiger partial charge >= 0.3 is 6.09 Å². The summed E-state index contributed by atoms with van der Waals surface area (Å²) >= 11 is 0. The largest absolute Gasteiger partial charge is 0.452 e. The summed E-state index contributed by atoms with van der Waals surface area (Å²) in [6.07, 6.45) is -0.667. The average molecular weight is 173 g/mol. The monoisotopic (exact) mass is 173 g/mol. The van der Waals surface area contributed by atoms with Gasteiger partial charge in [0, 0.05) is 0 Å². The number of amides is 1. The van der Waals surface area contributed by atoms with Crippen molar-refractivity contribution in [1.29, 1.82) is 0 Å². The van der Waals surface area contributed by atoms with E-state index in [4.69, 9.17) is 5.21 Å². The summed E-state index contributed by atoms with van der Waals surface area (Å²) in [6.45, 7) is 3.14. The van der Waals surface area contributed by atoms with Gasteiger partial charge in [0.25, 0.3) is 0 Å². The number of ether oxygens (including phenoxy) is 1. The Morgan fingerprint density at radius 3 is 2.42 bits per heavy atom. The number of hydrogen-bond acceptors (Lipinski definition) is 5. The van der Waals surface area contributed by atoms with E-state index in [1.807, 2.05) is 0 Å². The van der Waals surface area contributed by atoms with Crippen LogP contribution in [0.5, 0.6) is 0 Å². The first-order valence-electron chi connectivity index (χ1n) is 3.19. The number of carbonyl (C=O) groups is 1. The summed E-state index contributed by atoms with van der Waals surface area (Å²) < 4.78 is 4.25. The highest BCUT2D eigenvalue weighted by molar-refractivity contribution is 6.40. The number of rotatable bonds is 2. The standard InChI is InChI=1S/C6H11N3O3/c1-4(5(2)9-11)7-8-6(10)12-3/h11H,1-3H3,(H,8,10)/b7-4+,9-5-. The van der Waals surface area contributed by atoms with Crippen LogP contribution in [0.3, 0.4) is 0 Å². The predicted molar refractivity (Wildman–Crippen MR) is 43.5 cm³/mol. The van der Waals surface area contributed by atoms with Crippen molar-refractivity contribution < 1.29 is 14.7 Å². The third-order valence-electron chi connectivity index (χ3n) is 1.17. The molecule has 12 heavy (non-hydrogen) atoms. The van der Waals surface area contributed by atoms with Crippen LogP contribution in [0, 0.1) is 0 Å². The van der Waals surface area contributed by atoms with Crippen molar-refractivity contribution in [1.82, 2.24) is 5.43 Å². The molecule has 0 aliphatic carbocycles.